The lowest BCUT2D eigenvalue weighted by Crippen LogP contribution is -2.22. The Labute approximate surface area is 92.8 Å². The lowest BCUT2D eigenvalue weighted by atomic mass is 10.2. The van der Waals surface area contributed by atoms with Crippen LogP contribution in [0.2, 0.25) is 0 Å². The molecule has 2 aromatic heterocycles. The van der Waals surface area contributed by atoms with Gasteiger partial charge in [-0.1, -0.05) is 0 Å². The molecule has 0 aliphatic carbocycles. The number of thiazole rings is 1. The highest BCUT2D eigenvalue weighted by Gasteiger charge is 2.13. The molecule has 2 rings (SSSR count). The molecule has 5 heteroatoms. The van der Waals surface area contributed by atoms with Crippen LogP contribution in [0.1, 0.15) is 36.6 Å². The normalized spacial score (nSPS) is 15.1. The van der Waals surface area contributed by atoms with E-state index >= 15 is 0 Å². The Morgan fingerprint density at radius 2 is 2.27 bits per heavy atom. The van der Waals surface area contributed by atoms with Crippen molar-refractivity contribution in [3.63, 3.8) is 0 Å². The predicted molar refractivity (Wildman–Crippen MR) is 60.7 cm³/mol. The summed E-state index contributed by atoms with van der Waals surface area (Å²) in [5.74, 6) is 0.964. The van der Waals surface area contributed by atoms with Gasteiger partial charge in [0, 0.05) is 29.5 Å². The van der Waals surface area contributed by atoms with E-state index in [4.69, 9.17) is 0 Å². The number of aromatic amines is 1. The van der Waals surface area contributed by atoms with Gasteiger partial charge in [0.2, 0.25) is 0 Å². The van der Waals surface area contributed by atoms with Crippen LogP contribution in [0, 0.1) is 0 Å². The molecule has 0 fully saturated rings. The van der Waals surface area contributed by atoms with Gasteiger partial charge in [0.15, 0.2) is 0 Å². The van der Waals surface area contributed by atoms with Crippen molar-refractivity contribution in [1.82, 2.24) is 20.3 Å². The maximum absolute atomic E-state index is 4.22. The molecule has 0 aromatic carbocycles. The van der Waals surface area contributed by atoms with Crippen LogP contribution < -0.4 is 5.32 Å². The molecule has 80 valence electrons. The summed E-state index contributed by atoms with van der Waals surface area (Å²) >= 11 is 1.67. The second-order valence-electron chi connectivity index (χ2n) is 3.49. The zero-order valence-electron chi connectivity index (χ0n) is 8.77. The summed E-state index contributed by atoms with van der Waals surface area (Å²) in [6.07, 6.45) is 5.51. The zero-order chi connectivity index (χ0) is 10.7. The summed E-state index contributed by atoms with van der Waals surface area (Å²) < 4.78 is 0. The second kappa shape index (κ2) is 4.55. The molecule has 0 spiro atoms. The van der Waals surface area contributed by atoms with Crippen LogP contribution in [0.5, 0.6) is 0 Å². The molecule has 0 amide bonds. The number of hydrogen-bond acceptors (Lipinski definition) is 4. The van der Waals surface area contributed by atoms with Gasteiger partial charge >= 0.3 is 0 Å². The van der Waals surface area contributed by atoms with Gasteiger partial charge in [0.25, 0.3) is 0 Å². The molecule has 0 saturated heterocycles. The first-order valence-electron chi connectivity index (χ1n) is 4.91. The van der Waals surface area contributed by atoms with Crippen LogP contribution in [0.4, 0.5) is 0 Å². The molecule has 0 radical (unpaired) electrons. The highest BCUT2D eigenvalue weighted by Crippen LogP contribution is 2.19. The Bertz CT molecular complexity index is 343. The molecule has 15 heavy (non-hydrogen) atoms. The third-order valence-corrected chi connectivity index (χ3v) is 3.27. The van der Waals surface area contributed by atoms with E-state index in [1.807, 2.05) is 17.9 Å². The Morgan fingerprint density at radius 3 is 2.87 bits per heavy atom. The molecule has 0 aliphatic heterocycles. The summed E-state index contributed by atoms with van der Waals surface area (Å²) in [6, 6.07) is 0.523. The zero-order valence-corrected chi connectivity index (χ0v) is 9.58. The maximum atomic E-state index is 4.22. The fourth-order valence-corrected chi connectivity index (χ4v) is 2.13. The molecule has 4 nitrogen and oxygen atoms in total. The van der Waals surface area contributed by atoms with Gasteiger partial charge < -0.3 is 10.3 Å². The van der Waals surface area contributed by atoms with E-state index in [0.29, 0.717) is 6.04 Å². The van der Waals surface area contributed by atoms with E-state index in [2.05, 4.69) is 34.1 Å². The van der Waals surface area contributed by atoms with Gasteiger partial charge in [-0.05, 0) is 13.8 Å². The summed E-state index contributed by atoms with van der Waals surface area (Å²) in [7, 11) is 0. The number of nitrogens with zero attached hydrogens (tertiary/aromatic N) is 2. The minimum atomic E-state index is 0.220. The van der Waals surface area contributed by atoms with Crippen molar-refractivity contribution in [3.05, 3.63) is 34.8 Å². The predicted octanol–water partition coefficient (Wildman–Crippen LogP) is 2.28. The van der Waals surface area contributed by atoms with Gasteiger partial charge in [0.1, 0.15) is 5.82 Å². The van der Waals surface area contributed by atoms with E-state index in [1.54, 1.807) is 17.5 Å². The lowest BCUT2D eigenvalue weighted by Gasteiger charge is -2.16. The Morgan fingerprint density at radius 1 is 1.40 bits per heavy atom. The average molecular weight is 222 g/mol. The largest absolute Gasteiger partial charge is 0.347 e. The van der Waals surface area contributed by atoms with E-state index in [1.165, 1.54) is 4.88 Å². The number of aromatic nitrogens is 3. The molecule has 0 bridgehead atoms. The molecule has 2 unspecified atom stereocenters. The molecule has 2 N–H and O–H groups in total. The molecule has 0 saturated carbocycles. The molecule has 0 aliphatic rings. The molecule has 2 aromatic rings. The van der Waals surface area contributed by atoms with Crippen LogP contribution >= 0.6 is 11.3 Å². The summed E-state index contributed by atoms with van der Waals surface area (Å²) in [5.41, 5.74) is 1.85. The van der Waals surface area contributed by atoms with Crippen molar-refractivity contribution < 1.29 is 0 Å². The first-order valence-corrected chi connectivity index (χ1v) is 5.79. The topological polar surface area (TPSA) is 53.6 Å². The van der Waals surface area contributed by atoms with Crippen molar-refractivity contribution in [1.29, 1.82) is 0 Å². The van der Waals surface area contributed by atoms with Crippen LogP contribution in [0.15, 0.2) is 24.1 Å². The van der Waals surface area contributed by atoms with Gasteiger partial charge in [0.05, 0.1) is 11.6 Å². The fourth-order valence-electron chi connectivity index (χ4n) is 1.49. The van der Waals surface area contributed by atoms with Crippen LogP contribution in [-0.4, -0.2) is 15.0 Å². The molecular formula is C10H14N4S. The third-order valence-electron chi connectivity index (χ3n) is 2.31. The lowest BCUT2D eigenvalue weighted by molar-refractivity contribution is 0.484. The quantitative estimate of drug-likeness (QED) is 0.834. The Balaban J connectivity index is 1.98. The van der Waals surface area contributed by atoms with Crippen molar-refractivity contribution in [2.75, 3.05) is 0 Å². The molecular weight excluding hydrogens is 208 g/mol. The van der Waals surface area contributed by atoms with Crippen LogP contribution in [-0.2, 0) is 0 Å². The van der Waals surface area contributed by atoms with E-state index < -0.39 is 0 Å². The summed E-state index contributed by atoms with van der Waals surface area (Å²) in [4.78, 5) is 12.6. The number of imidazole rings is 1. The van der Waals surface area contributed by atoms with Gasteiger partial charge in [-0.15, -0.1) is 11.3 Å². The summed E-state index contributed by atoms with van der Waals surface area (Å²) in [6.45, 7) is 4.23. The second-order valence-corrected chi connectivity index (χ2v) is 4.41. The van der Waals surface area contributed by atoms with Gasteiger partial charge in [-0.3, -0.25) is 4.98 Å². The SMILES string of the molecule is CC(NC(C)c1cncs1)c1ncc[nH]1. The van der Waals surface area contributed by atoms with Crippen LogP contribution in [0.3, 0.4) is 0 Å². The van der Waals surface area contributed by atoms with Crippen molar-refractivity contribution in [2.24, 2.45) is 0 Å². The number of hydrogen-bond donors (Lipinski definition) is 2. The number of nitrogens with one attached hydrogen (secondary N) is 2. The Kier molecular flexibility index (Phi) is 3.13. The average Bonchev–Trinajstić information content (AvgIpc) is 2.91. The van der Waals surface area contributed by atoms with Crippen molar-refractivity contribution in [3.8, 4) is 0 Å². The first kappa shape index (κ1) is 10.3. The Hall–Kier alpha value is -1.20. The van der Waals surface area contributed by atoms with Crippen LogP contribution in [0.25, 0.3) is 0 Å². The summed E-state index contributed by atoms with van der Waals surface area (Å²) in [5, 5.41) is 3.46. The third kappa shape index (κ3) is 2.43. The molecule has 2 heterocycles. The van der Waals surface area contributed by atoms with E-state index in [9.17, 15) is 0 Å². The highest BCUT2D eigenvalue weighted by atomic mass is 32.1. The minimum Gasteiger partial charge on any atom is -0.347 e. The number of rotatable bonds is 4. The fraction of sp³-hybridized carbons (Fsp3) is 0.400. The number of H-pyrrole nitrogens is 1. The van der Waals surface area contributed by atoms with E-state index in [0.717, 1.165) is 5.82 Å². The first-order chi connectivity index (χ1) is 7.27. The minimum absolute atomic E-state index is 0.220. The van der Waals surface area contributed by atoms with Gasteiger partial charge in [-0.25, -0.2) is 4.98 Å². The van der Waals surface area contributed by atoms with E-state index in [-0.39, 0.29) is 6.04 Å². The van der Waals surface area contributed by atoms with Crippen molar-refractivity contribution >= 4 is 11.3 Å². The maximum Gasteiger partial charge on any atom is 0.122 e. The standard InChI is InChI=1S/C10H14N4S/c1-7(9-5-11-6-15-9)14-8(2)10-12-3-4-13-10/h3-8,14H,1-2H3,(H,12,13). The highest BCUT2D eigenvalue weighted by molar-refractivity contribution is 7.09. The van der Waals surface area contributed by atoms with Crippen molar-refractivity contribution in [2.45, 2.75) is 25.9 Å². The monoisotopic (exact) mass is 222 g/mol. The van der Waals surface area contributed by atoms with Gasteiger partial charge in [-0.2, -0.15) is 0 Å². The smallest absolute Gasteiger partial charge is 0.122 e. The molecule has 2 atom stereocenters.